The van der Waals surface area contributed by atoms with E-state index in [9.17, 15) is 45.6 Å². The minimum Gasteiger partial charge on any atom is -0.504 e. The van der Waals surface area contributed by atoms with Crippen LogP contribution in [0, 0.1) is 11.8 Å². The minimum absolute atomic E-state index is 0.121. The van der Waals surface area contributed by atoms with Crippen LogP contribution in [0.15, 0.2) is 48.3 Å². The molecule has 0 bridgehead atoms. The molecule has 0 amide bonds. The van der Waals surface area contributed by atoms with Crippen molar-refractivity contribution in [2.24, 2.45) is 11.8 Å². The third kappa shape index (κ3) is 7.33. The molecule has 0 radical (unpaired) electrons. The standard InChI is InChI=1S/C31H40O16/c1-13-28(46-21(35)6-4-14-3-5-18(41-2)17(34)9-14)25(38)27(40)30(43-13)44-19-10-15(11-32)22-16(19)7-8-42-29(22)47-31-26(39)24(37)23(36)20(12-33)45-31/h3-10,13,16,19-20,22-34,36-40H,11-12H2,1-2H3/t13-,16-,19+,20+,22+,23+,24-,25-,26+,27+,28-,29-,30-,31-/m0/s1. The van der Waals surface area contributed by atoms with Crippen molar-refractivity contribution >= 4 is 12.0 Å². The van der Waals surface area contributed by atoms with Gasteiger partial charge >= 0.3 is 5.97 Å². The number of carbonyl (C=O) groups excluding carboxylic acids is 1. The molecule has 0 spiro atoms. The maximum atomic E-state index is 12.5. The Kier molecular flexibility index (Phi) is 11.2. The number of rotatable bonds is 10. The second-order valence-electron chi connectivity index (χ2n) is 11.6. The van der Waals surface area contributed by atoms with Gasteiger partial charge in [0.25, 0.3) is 0 Å². The van der Waals surface area contributed by atoms with Crippen molar-refractivity contribution in [3.05, 3.63) is 53.8 Å². The summed E-state index contributed by atoms with van der Waals surface area (Å²) >= 11 is 0. The van der Waals surface area contributed by atoms with Crippen molar-refractivity contribution in [2.75, 3.05) is 20.3 Å². The number of hydrogen-bond acceptors (Lipinski definition) is 16. The summed E-state index contributed by atoms with van der Waals surface area (Å²) in [4.78, 5) is 12.5. The van der Waals surface area contributed by atoms with Crippen LogP contribution >= 0.6 is 0 Å². The van der Waals surface area contributed by atoms with Gasteiger partial charge in [-0.1, -0.05) is 12.1 Å². The number of aliphatic hydroxyl groups is 7. The van der Waals surface area contributed by atoms with Gasteiger partial charge in [0.2, 0.25) is 6.29 Å². The monoisotopic (exact) mass is 668 g/mol. The molecule has 5 rings (SSSR count). The Balaban J connectivity index is 1.21. The number of esters is 1. The van der Waals surface area contributed by atoms with E-state index in [1.165, 1.54) is 38.5 Å². The number of phenols is 1. The highest BCUT2D eigenvalue weighted by atomic mass is 16.8. The fraction of sp³-hybridized carbons (Fsp3) is 0.581. The number of aromatic hydroxyl groups is 1. The van der Waals surface area contributed by atoms with E-state index in [1.807, 2.05) is 0 Å². The number of methoxy groups -OCH3 is 1. The molecule has 0 aromatic heterocycles. The lowest BCUT2D eigenvalue weighted by Gasteiger charge is -2.43. The van der Waals surface area contributed by atoms with Gasteiger partial charge in [-0.2, -0.15) is 0 Å². The number of fused-ring (bicyclic) bond motifs is 1. The molecule has 2 fully saturated rings. The third-order valence-electron chi connectivity index (χ3n) is 8.64. The molecule has 0 unspecified atom stereocenters. The highest BCUT2D eigenvalue weighted by molar-refractivity contribution is 5.87. The molecule has 1 aliphatic carbocycles. The fourth-order valence-electron chi connectivity index (χ4n) is 6.07. The molecule has 3 aliphatic heterocycles. The van der Waals surface area contributed by atoms with Crippen LogP contribution in [0.1, 0.15) is 12.5 Å². The van der Waals surface area contributed by atoms with Crippen LogP contribution in [-0.2, 0) is 33.2 Å². The molecule has 1 aromatic carbocycles. The molecule has 16 heteroatoms. The number of benzene rings is 1. The van der Waals surface area contributed by atoms with E-state index in [4.69, 9.17) is 33.2 Å². The van der Waals surface area contributed by atoms with Crippen molar-refractivity contribution in [3.63, 3.8) is 0 Å². The molecule has 47 heavy (non-hydrogen) atoms. The van der Waals surface area contributed by atoms with Crippen LogP contribution in [0.5, 0.6) is 11.5 Å². The molecule has 260 valence electrons. The second kappa shape index (κ2) is 15.0. The summed E-state index contributed by atoms with van der Waals surface area (Å²) < 4.78 is 39.1. The molecule has 14 atom stereocenters. The molecule has 1 aromatic rings. The average molecular weight is 669 g/mol. The topological polar surface area (TPSA) is 244 Å². The van der Waals surface area contributed by atoms with Crippen LogP contribution in [-0.4, -0.2) is 141 Å². The minimum atomic E-state index is -1.68. The van der Waals surface area contributed by atoms with Gasteiger partial charge in [-0.15, -0.1) is 0 Å². The first-order chi connectivity index (χ1) is 22.5. The Hall–Kier alpha value is -3.13. The van der Waals surface area contributed by atoms with Crippen LogP contribution < -0.4 is 4.74 Å². The van der Waals surface area contributed by atoms with E-state index < -0.39 is 105 Å². The summed E-state index contributed by atoms with van der Waals surface area (Å²) in [6, 6.07) is 4.51. The molecule has 0 saturated carbocycles. The van der Waals surface area contributed by atoms with Gasteiger partial charge in [0.15, 0.2) is 30.2 Å². The number of phenolic OH excluding ortho intramolecular Hbond substituents is 1. The number of ether oxygens (including phenoxy) is 7. The number of hydrogen-bond donors (Lipinski definition) is 8. The van der Waals surface area contributed by atoms with Crippen molar-refractivity contribution in [3.8, 4) is 11.5 Å². The Morgan fingerprint density at radius 2 is 1.66 bits per heavy atom. The van der Waals surface area contributed by atoms with Crippen LogP contribution in [0.4, 0.5) is 0 Å². The summed E-state index contributed by atoms with van der Waals surface area (Å²) in [6.45, 7) is 0.432. The third-order valence-corrected chi connectivity index (χ3v) is 8.64. The van der Waals surface area contributed by atoms with Crippen LogP contribution in [0.25, 0.3) is 6.08 Å². The van der Waals surface area contributed by atoms with E-state index in [0.29, 0.717) is 11.1 Å². The summed E-state index contributed by atoms with van der Waals surface area (Å²) in [5, 5.41) is 82.0. The van der Waals surface area contributed by atoms with E-state index in [1.54, 1.807) is 18.2 Å². The van der Waals surface area contributed by atoms with Gasteiger partial charge in [-0.05, 0) is 42.3 Å². The molecule has 16 nitrogen and oxygen atoms in total. The SMILES string of the molecule is COc1ccc(C=CC(=O)O[C@@H]2[C@@H](O)[C@@H](O)[C@H](O[C@@H]3C=C(CO)[C@H]4[C@H](O[C@@H]5O[C@H](CO)[C@@H](O)[C@H](O)[C@H]5O)OC=C[C@H]43)O[C@H]2C)cc1O. The van der Waals surface area contributed by atoms with E-state index in [-0.39, 0.29) is 11.5 Å². The van der Waals surface area contributed by atoms with Gasteiger partial charge in [-0.25, -0.2) is 4.79 Å². The van der Waals surface area contributed by atoms with E-state index in [0.717, 1.165) is 6.08 Å². The average Bonchev–Trinajstić information content (AvgIpc) is 3.43. The Bertz CT molecular complexity index is 1330. The van der Waals surface area contributed by atoms with Gasteiger partial charge in [-0.3, -0.25) is 0 Å². The van der Waals surface area contributed by atoms with E-state index in [2.05, 4.69) is 0 Å². The normalized spacial score (nSPS) is 40.1. The quantitative estimate of drug-likeness (QED) is 0.0766. The first-order valence-electron chi connectivity index (χ1n) is 15.0. The highest BCUT2D eigenvalue weighted by Gasteiger charge is 2.52. The first-order valence-corrected chi connectivity index (χ1v) is 15.0. The maximum Gasteiger partial charge on any atom is 0.331 e. The zero-order valence-electron chi connectivity index (χ0n) is 25.5. The molecule has 2 saturated heterocycles. The van der Waals surface area contributed by atoms with Crippen molar-refractivity contribution in [2.45, 2.75) is 80.7 Å². The van der Waals surface area contributed by atoms with Crippen molar-refractivity contribution in [1.82, 2.24) is 0 Å². The van der Waals surface area contributed by atoms with Gasteiger partial charge < -0.3 is 74.0 Å². The van der Waals surface area contributed by atoms with Gasteiger partial charge in [0.05, 0.1) is 44.7 Å². The largest absolute Gasteiger partial charge is 0.504 e. The molecular formula is C31H40O16. The molecular weight excluding hydrogens is 628 g/mol. The van der Waals surface area contributed by atoms with E-state index >= 15 is 0 Å². The van der Waals surface area contributed by atoms with Crippen molar-refractivity contribution in [1.29, 1.82) is 0 Å². The predicted octanol–water partition coefficient (Wildman–Crippen LogP) is -1.97. The van der Waals surface area contributed by atoms with Crippen LogP contribution in [0.3, 0.4) is 0 Å². The van der Waals surface area contributed by atoms with Gasteiger partial charge in [0, 0.05) is 12.0 Å². The lowest BCUT2D eigenvalue weighted by Crippen LogP contribution is -2.60. The smallest absolute Gasteiger partial charge is 0.331 e. The summed E-state index contributed by atoms with van der Waals surface area (Å²) in [6.07, 6.45) is -9.44. The Morgan fingerprint density at radius 1 is 0.936 bits per heavy atom. The summed E-state index contributed by atoms with van der Waals surface area (Å²) in [5.74, 6) is -1.94. The maximum absolute atomic E-state index is 12.5. The van der Waals surface area contributed by atoms with Crippen molar-refractivity contribution < 1.29 is 78.8 Å². The summed E-state index contributed by atoms with van der Waals surface area (Å²) in [5.41, 5.74) is 0.900. The molecule has 3 heterocycles. The Morgan fingerprint density at radius 3 is 2.34 bits per heavy atom. The number of carbonyl (C=O) groups is 1. The lowest BCUT2D eigenvalue weighted by molar-refractivity contribution is -0.341. The zero-order chi connectivity index (χ0) is 34.0. The predicted molar refractivity (Wildman–Crippen MR) is 156 cm³/mol. The highest BCUT2D eigenvalue weighted by Crippen LogP contribution is 2.43. The Labute approximate surface area is 269 Å². The number of aliphatic hydroxyl groups excluding tert-OH is 7. The van der Waals surface area contributed by atoms with Gasteiger partial charge in [0.1, 0.15) is 36.6 Å². The zero-order valence-corrected chi connectivity index (χ0v) is 25.5. The van der Waals surface area contributed by atoms with Crippen LogP contribution in [0.2, 0.25) is 0 Å². The second-order valence-corrected chi connectivity index (χ2v) is 11.6. The molecule has 8 N–H and O–H groups in total. The first kappa shape index (κ1) is 35.2. The summed E-state index contributed by atoms with van der Waals surface area (Å²) in [7, 11) is 1.40. The lowest BCUT2D eigenvalue weighted by atomic mass is 9.88. The fourth-order valence-corrected chi connectivity index (χ4v) is 6.07. The molecule has 4 aliphatic rings.